The molecule has 2 N–H and O–H groups in total. The molecule has 0 aliphatic carbocycles. The zero-order chi connectivity index (χ0) is 16.8. The van der Waals surface area contributed by atoms with Gasteiger partial charge in [0.15, 0.2) is 5.96 Å². The summed E-state index contributed by atoms with van der Waals surface area (Å²) in [7, 11) is 1.79. The first-order valence-electron chi connectivity index (χ1n) is 8.22. The molecule has 3 rings (SSSR count). The number of fused-ring (bicyclic) bond motifs is 1. The third-order valence-corrected chi connectivity index (χ3v) is 5.63. The SMILES string of the molecule is CN=C(NCCN1CCc2sccc2C1)NCc1ccccc1Cl.I. The van der Waals surface area contributed by atoms with Crippen LogP contribution in [-0.4, -0.2) is 37.5 Å². The van der Waals surface area contributed by atoms with Crippen molar-refractivity contribution in [3.63, 3.8) is 0 Å². The Morgan fingerprint density at radius 3 is 2.92 bits per heavy atom. The Labute approximate surface area is 175 Å². The van der Waals surface area contributed by atoms with Gasteiger partial charge in [0.05, 0.1) is 0 Å². The van der Waals surface area contributed by atoms with Gasteiger partial charge >= 0.3 is 0 Å². The summed E-state index contributed by atoms with van der Waals surface area (Å²) >= 11 is 8.07. The summed E-state index contributed by atoms with van der Waals surface area (Å²) in [5, 5.41) is 9.67. The first-order valence-corrected chi connectivity index (χ1v) is 9.47. The summed E-state index contributed by atoms with van der Waals surface area (Å²) in [6, 6.07) is 10.1. The van der Waals surface area contributed by atoms with Crippen molar-refractivity contribution in [2.45, 2.75) is 19.5 Å². The van der Waals surface area contributed by atoms with Crippen LogP contribution in [0.4, 0.5) is 0 Å². The van der Waals surface area contributed by atoms with Crippen LogP contribution >= 0.6 is 46.9 Å². The predicted octanol–water partition coefficient (Wildman–Crippen LogP) is 3.74. The first kappa shape index (κ1) is 20.5. The Morgan fingerprint density at radius 1 is 1.28 bits per heavy atom. The zero-order valence-electron chi connectivity index (χ0n) is 14.3. The lowest BCUT2D eigenvalue weighted by atomic mass is 10.1. The lowest BCUT2D eigenvalue weighted by Gasteiger charge is -2.27. The van der Waals surface area contributed by atoms with E-state index in [1.165, 1.54) is 12.0 Å². The highest BCUT2D eigenvalue weighted by molar-refractivity contribution is 14.0. The van der Waals surface area contributed by atoms with Crippen LogP contribution in [0.15, 0.2) is 40.7 Å². The van der Waals surface area contributed by atoms with Gasteiger partial charge in [0.2, 0.25) is 0 Å². The number of rotatable bonds is 5. The maximum Gasteiger partial charge on any atom is 0.191 e. The Bertz CT molecular complexity index is 704. The van der Waals surface area contributed by atoms with E-state index in [0.29, 0.717) is 6.54 Å². The van der Waals surface area contributed by atoms with Crippen LogP contribution in [0.2, 0.25) is 5.02 Å². The molecule has 0 spiro atoms. The molecule has 0 atom stereocenters. The van der Waals surface area contributed by atoms with Gasteiger partial charge in [0.25, 0.3) is 0 Å². The maximum absolute atomic E-state index is 6.18. The van der Waals surface area contributed by atoms with Crippen LogP contribution in [0.25, 0.3) is 0 Å². The molecular weight excluding hydrogens is 467 g/mol. The zero-order valence-corrected chi connectivity index (χ0v) is 18.2. The van der Waals surface area contributed by atoms with Crippen LogP contribution < -0.4 is 10.6 Å². The lowest BCUT2D eigenvalue weighted by Crippen LogP contribution is -2.42. The maximum atomic E-state index is 6.18. The largest absolute Gasteiger partial charge is 0.355 e. The Hall–Kier alpha value is -0.830. The highest BCUT2D eigenvalue weighted by Crippen LogP contribution is 2.23. The van der Waals surface area contributed by atoms with Crippen LogP contribution in [0.1, 0.15) is 16.0 Å². The number of guanidine groups is 1. The predicted molar refractivity (Wildman–Crippen MR) is 118 cm³/mol. The van der Waals surface area contributed by atoms with Crippen molar-refractivity contribution < 1.29 is 0 Å². The van der Waals surface area contributed by atoms with Gasteiger partial charge < -0.3 is 10.6 Å². The number of hydrogen-bond donors (Lipinski definition) is 2. The highest BCUT2D eigenvalue weighted by Gasteiger charge is 2.16. The molecule has 7 heteroatoms. The summed E-state index contributed by atoms with van der Waals surface area (Å²) in [6.45, 7) is 4.76. The molecule has 0 bridgehead atoms. The van der Waals surface area contributed by atoms with E-state index in [1.54, 1.807) is 11.9 Å². The van der Waals surface area contributed by atoms with E-state index in [0.717, 1.165) is 42.7 Å². The molecule has 0 unspecified atom stereocenters. The topological polar surface area (TPSA) is 39.7 Å². The van der Waals surface area contributed by atoms with Gasteiger partial charge in [-0.1, -0.05) is 29.8 Å². The van der Waals surface area contributed by atoms with E-state index in [-0.39, 0.29) is 24.0 Å². The summed E-state index contributed by atoms with van der Waals surface area (Å²) in [5.41, 5.74) is 2.57. The molecular formula is C18H24ClIN4S. The van der Waals surface area contributed by atoms with Crippen molar-refractivity contribution in [3.8, 4) is 0 Å². The monoisotopic (exact) mass is 490 g/mol. The average molecular weight is 491 g/mol. The molecule has 1 aliphatic rings. The van der Waals surface area contributed by atoms with Gasteiger partial charge in [-0.05, 0) is 35.1 Å². The van der Waals surface area contributed by atoms with E-state index in [2.05, 4.69) is 32.0 Å². The molecule has 1 aromatic carbocycles. The molecule has 0 fully saturated rings. The van der Waals surface area contributed by atoms with Crippen LogP contribution in [0, 0.1) is 0 Å². The van der Waals surface area contributed by atoms with E-state index in [4.69, 9.17) is 11.6 Å². The quantitative estimate of drug-likeness (QED) is 0.381. The van der Waals surface area contributed by atoms with Gasteiger partial charge in [-0.15, -0.1) is 35.3 Å². The molecule has 0 saturated carbocycles. The van der Waals surface area contributed by atoms with Crippen molar-refractivity contribution >= 4 is 52.9 Å². The highest BCUT2D eigenvalue weighted by atomic mass is 127. The van der Waals surface area contributed by atoms with Gasteiger partial charge in [0, 0.05) is 49.7 Å². The van der Waals surface area contributed by atoms with Gasteiger partial charge in [-0.3, -0.25) is 9.89 Å². The Kier molecular flexibility index (Phi) is 8.48. The molecule has 2 aromatic rings. The van der Waals surface area contributed by atoms with E-state index in [1.807, 2.05) is 35.6 Å². The third kappa shape index (κ3) is 5.84. The van der Waals surface area contributed by atoms with Crippen molar-refractivity contribution in [1.82, 2.24) is 15.5 Å². The second kappa shape index (κ2) is 10.4. The van der Waals surface area contributed by atoms with Crippen LogP contribution in [-0.2, 0) is 19.5 Å². The minimum absolute atomic E-state index is 0. The van der Waals surface area contributed by atoms with Crippen molar-refractivity contribution in [2.24, 2.45) is 4.99 Å². The van der Waals surface area contributed by atoms with Crippen molar-refractivity contribution in [3.05, 3.63) is 56.7 Å². The fourth-order valence-corrected chi connectivity index (χ4v) is 3.96. The number of nitrogens with zero attached hydrogens (tertiary/aromatic N) is 2. The number of benzene rings is 1. The second-order valence-electron chi connectivity index (χ2n) is 5.84. The van der Waals surface area contributed by atoms with Crippen molar-refractivity contribution in [1.29, 1.82) is 0 Å². The molecule has 136 valence electrons. The summed E-state index contributed by atoms with van der Waals surface area (Å²) in [6.07, 6.45) is 1.17. The van der Waals surface area contributed by atoms with Gasteiger partial charge in [-0.25, -0.2) is 0 Å². The second-order valence-corrected chi connectivity index (χ2v) is 7.25. The molecule has 4 nitrogen and oxygen atoms in total. The number of thiophene rings is 1. The average Bonchev–Trinajstić information content (AvgIpc) is 3.07. The smallest absolute Gasteiger partial charge is 0.191 e. The van der Waals surface area contributed by atoms with E-state index in [9.17, 15) is 0 Å². The van der Waals surface area contributed by atoms with E-state index < -0.39 is 0 Å². The molecule has 25 heavy (non-hydrogen) atoms. The Balaban J connectivity index is 0.00000225. The third-order valence-electron chi connectivity index (χ3n) is 4.23. The molecule has 0 saturated heterocycles. The fraction of sp³-hybridized carbons (Fsp3) is 0.389. The molecule has 1 aliphatic heterocycles. The number of nitrogens with one attached hydrogen (secondary N) is 2. The van der Waals surface area contributed by atoms with Crippen LogP contribution in [0.5, 0.6) is 0 Å². The number of halogens is 2. The van der Waals surface area contributed by atoms with Crippen molar-refractivity contribution in [2.75, 3.05) is 26.7 Å². The first-order chi connectivity index (χ1) is 11.8. The summed E-state index contributed by atoms with van der Waals surface area (Å²) < 4.78 is 0. The number of aliphatic imine (C=N–C) groups is 1. The molecule has 1 aromatic heterocycles. The standard InChI is InChI=1S/C18H23ClN4S.HI/c1-20-18(22-12-14-4-2-3-5-16(14)19)21-8-10-23-9-6-17-15(13-23)7-11-24-17;/h2-5,7,11H,6,8-10,12-13H2,1H3,(H2,20,21,22);1H. The minimum Gasteiger partial charge on any atom is -0.355 e. The molecule has 0 amide bonds. The molecule has 2 heterocycles. The number of hydrogen-bond acceptors (Lipinski definition) is 3. The van der Waals surface area contributed by atoms with Gasteiger partial charge in [0.1, 0.15) is 0 Å². The Morgan fingerprint density at radius 2 is 2.12 bits per heavy atom. The van der Waals surface area contributed by atoms with Crippen LogP contribution in [0.3, 0.4) is 0 Å². The summed E-state index contributed by atoms with van der Waals surface area (Å²) in [5.74, 6) is 0.808. The summed E-state index contributed by atoms with van der Waals surface area (Å²) in [4.78, 5) is 8.32. The lowest BCUT2D eigenvalue weighted by molar-refractivity contribution is 0.260. The van der Waals surface area contributed by atoms with E-state index >= 15 is 0 Å². The normalized spacial score (nSPS) is 14.6. The fourth-order valence-electron chi connectivity index (χ4n) is 2.87. The minimum atomic E-state index is 0. The molecule has 0 radical (unpaired) electrons. The van der Waals surface area contributed by atoms with Gasteiger partial charge in [-0.2, -0.15) is 0 Å².